The summed E-state index contributed by atoms with van der Waals surface area (Å²) in [6.45, 7) is 7.55. The molecule has 0 amide bonds. The molecule has 1 saturated heterocycles. The number of allylic oxidation sites excluding steroid dienone is 2. The van der Waals surface area contributed by atoms with E-state index in [2.05, 4.69) is 28.4 Å². The van der Waals surface area contributed by atoms with Crippen LogP contribution in [0, 0.1) is 0 Å². The molecule has 0 aromatic rings. The van der Waals surface area contributed by atoms with Gasteiger partial charge >= 0.3 is 0 Å². The van der Waals surface area contributed by atoms with E-state index >= 15 is 0 Å². The van der Waals surface area contributed by atoms with E-state index in [1.54, 1.807) is 18.4 Å². The van der Waals surface area contributed by atoms with Crippen LogP contribution in [0.15, 0.2) is 29.9 Å². The van der Waals surface area contributed by atoms with Crippen LogP contribution in [-0.2, 0) is 0 Å². The first-order valence-corrected chi connectivity index (χ1v) is 4.78. The molecule has 0 spiro atoms. The monoisotopic (exact) mass is 194 g/mol. The SMILES string of the molecule is C=C/C=C\N=C(N)N1CCN(C)CC1. The predicted octanol–water partition coefficient (Wildman–Crippen LogP) is 0.248. The highest BCUT2D eigenvalue weighted by atomic mass is 15.3. The number of guanidine groups is 1. The number of aliphatic imine (C=N–C) groups is 1. The van der Waals surface area contributed by atoms with E-state index in [4.69, 9.17) is 5.73 Å². The van der Waals surface area contributed by atoms with E-state index in [0.717, 1.165) is 26.2 Å². The number of piperazine rings is 1. The second kappa shape index (κ2) is 5.44. The van der Waals surface area contributed by atoms with Gasteiger partial charge < -0.3 is 15.5 Å². The standard InChI is InChI=1S/C10H18N4/c1-3-4-5-12-10(11)14-8-6-13(2)7-9-14/h3-5H,1,6-9H2,2H3,(H2,11,12)/b5-4-. The molecule has 0 aromatic heterocycles. The molecular weight excluding hydrogens is 176 g/mol. The second-order valence-electron chi connectivity index (χ2n) is 3.35. The molecule has 0 saturated carbocycles. The molecule has 0 atom stereocenters. The zero-order valence-electron chi connectivity index (χ0n) is 8.69. The van der Waals surface area contributed by atoms with Gasteiger partial charge in [0, 0.05) is 32.4 Å². The molecule has 1 aliphatic heterocycles. The van der Waals surface area contributed by atoms with Gasteiger partial charge in [-0.2, -0.15) is 0 Å². The molecule has 0 unspecified atom stereocenters. The molecule has 1 heterocycles. The van der Waals surface area contributed by atoms with Gasteiger partial charge in [-0.3, -0.25) is 0 Å². The smallest absolute Gasteiger partial charge is 0.195 e. The lowest BCUT2D eigenvalue weighted by molar-refractivity contribution is 0.214. The highest BCUT2D eigenvalue weighted by molar-refractivity contribution is 5.78. The number of likely N-dealkylation sites (N-methyl/N-ethyl adjacent to an activating group) is 1. The van der Waals surface area contributed by atoms with E-state index < -0.39 is 0 Å². The Hall–Kier alpha value is -1.29. The normalized spacial score (nSPS) is 20.4. The summed E-state index contributed by atoms with van der Waals surface area (Å²) in [6, 6.07) is 0. The average Bonchev–Trinajstić information content (AvgIpc) is 2.19. The molecular formula is C10H18N4. The van der Waals surface area contributed by atoms with E-state index in [1.807, 2.05) is 0 Å². The number of rotatable bonds is 2. The van der Waals surface area contributed by atoms with Crippen LogP contribution in [0.25, 0.3) is 0 Å². The Morgan fingerprint density at radius 3 is 2.57 bits per heavy atom. The Labute approximate surface area is 85.4 Å². The molecule has 1 rings (SSSR count). The van der Waals surface area contributed by atoms with Crippen LogP contribution in [0.5, 0.6) is 0 Å². The Kier molecular flexibility index (Phi) is 4.19. The number of hydrogen-bond acceptors (Lipinski definition) is 2. The Morgan fingerprint density at radius 1 is 1.36 bits per heavy atom. The van der Waals surface area contributed by atoms with Crippen LogP contribution in [0.3, 0.4) is 0 Å². The minimum Gasteiger partial charge on any atom is -0.370 e. The third-order valence-electron chi connectivity index (χ3n) is 2.26. The van der Waals surface area contributed by atoms with Crippen molar-refractivity contribution in [3.8, 4) is 0 Å². The molecule has 1 aliphatic rings. The van der Waals surface area contributed by atoms with Crippen LogP contribution in [0.4, 0.5) is 0 Å². The lowest BCUT2D eigenvalue weighted by Crippen LogP contribution is -2.49. The predicted molar refractivity (Wildman–Crippen MR) is 60.0 cm³/mol. The summed E-state index contributed by atoms with van der Waals surface area (Å²) in [5, 5.41) is 0. The van der Waals surface area contributed by atoms with Crippen LogP contribution < -0.4 is 5.73 Å². The van der Waals surface area contributed by atoms with Crippen molar-refractivity contribution >= 4 is 5.96 Å². The van der Waals surface area contributed by atoms with Crippen LogP contribution in [-0.4, -0.2) is 49.0 Å². The molecule has 0 bridgehead atoms. The van der Waals surface area contributed by atoms with Gasteiger partial charge in [-0.1, -0.05) is 12.7 Å². The largest absolute Gasteiger partial charge is 0.370 e. The molecule has 14 heavy (non-hydrogen) atoms. The fourth-order valence-corrected chi connectivity index (χ4v) is 1.30. The molecule has 4 heteroatoms. The second-order valence-corrected chi connectivity index (χ2v) is 3.35. The van der Waals surface area contributed by atoms with Crippen molar-refractivity contribution in [3.05, 3.63) is 24.9 Å². The molecule has 2 N–H and O–H groups in total. The molecule has 4 nitrogen and oxygen atoms in total. The van der Waals surface area contributed by atoms with Gasteiger partial charge in [0.1, 0.15) is 0 Å². The van der Waals surface area contributed by atoms with E-state index in [-0.39, 0.29) is 0 Å². The summed E-state index contributed by atoms with van der Waals surface area (Å²) in [4.78, 5) is 8.48. The molecule has 1 fully saturated rings. The van der Waals surface area contributed by atoms with Gasteiger partial charge in [-0.05, 0) is 13.1 Å². The lowest BCUT2D eigenvalue weighted by Gasteiger charge is -2.32. The lowest BCUT2D eigenvalue weighted by atomic mass is 10.3. The summed E-state index contributed by atoms with van der Waals surface area (Å²) < 4.78 is 0. The minimum absolute atomic E-state index is 0.594. The van der Waals surface area contributed by atoms with Gasteiger partial charge in [0.25, 0.3) is 0 Å². The Balaban J connectivity index is 2.44. The van der Waals surface area contributed by atoms with Gasteiger partial charge in [-0.15, -0.1) is 0 Å². The number of hydrogen-bond donors (Lipinski definition) is 1. The molecule has 0 aliphatic carbocycles. The van der Waals surface area contributed by atoms with Crippen molar-refractivity contribution in [3.63, 3.8) is 0 Å². The van der Waals surface area contributed by atoms with Gasteiger partial charge in [0.15, 0.2) is 5.96 Å². The fourth-order valence-electron chi connectivity index (χ4n) is 1.30. The van der Waals surface area contributed by atoms with Crippen LogP contribution in [0.2, 0.25) is 0 Å². The van der Waals surface area contributed by atoms with Crippen molar-refractivity contribution in [1.82, 2.24) is 9.80 Å². The van der Waals surface area contributed by atoms with Gasteiger partial charge in [-0.25, -0.2) is 4.99 Å². The first-order valence-electron chi connectivity index (χ1n) is 4.78. The highest BCUT2D eigenvalue weighted by Gasteiger charge is 2.14. The van der Waals surface area contributed by atoms with Crippen molar-refractivity contribution in [2.24, 2.45) is 10.7 Å². The van der Waals surface area contributed by atoms with Crippen molar-refractivity contribution in [1.29, 1.82) is 0 Å². The van der Waals surface area contributed by atoms with E-state index in [0.29, 0.717) is 5.96 Å². The van der Waals surface area contributed by atoms with Gasteiger partial charge in [0.2, 0.25) is 0 Å². The zero-order valence-corrected chi connectivity index (χ0v) is 8.69. The van der Waals surface area contributed by atoms with Gasteiger partial charge in [0.05, 0.1) is 0 Å². The average molecular weight is 194 g/mol. The topological polar surface area (TPSA) is 44.9 Å². The van der Waals surface area contributed by atoms with Crippen LogP contribution >= 0.6 is 0 Å². The van der Waals surface area contributed by atoms with Crippen LogP contribution in [0.1, 0.15) is 0 Å². The summed E-state index contributed by atoms with van der Waals surface area (Å²) in [5.74, 6) is 0.594. The quantitative estimate of drug-likeness (QED) is 0.389. The number of nitrogens with zero attached hydrogens (tertiary/aromatic N) is 3. The zero-order chi connectivity index (χ0) is 10.4. The summed E-state index contributed by atoms with van der Waals surface area (Å²) in [6.07, 6.45) is 5.12. The summed E-state index contributed by atoms with van der Waals surface area (Å²) in [5.41, 5.74) is 5.81. The number of nitrogens with two attached hydrogens (primary N) is 1. The maximum absolute atomic E-state index is 5.81. The fraction of sp³-hybridized carbons (Fsp3) is 0.500. The summed E-state index contributed by atoms with van der Waals surface area (Å²) in [7, 11) is 2.11. The molecule has 0 aromatic carbocycles. The van der Waals surface area contributed by atoms with E-state index in [9.17, 15) is 0 Å². The minimum atomic E-state index is 0.594. The molecule has 0 radical (unpaired) electrons. The van der Waals surface area contributed by atoms with Crippen molar-refractivity contribution in [2.45, 2.75) is 0 Å². The highest BCUT2D eigenvalue weighted by Crippen LogP contribution is 1.98. The third kappa shape index (κ3) is 3.22. The maximum atomic E-state index is 5.81. The van der Waals surface area contributed by atoms with Crippen molar-refractivity contribution < 1.29 is 0 Å². The third-order valence-corrected chi connectivity index (χ3v) is 2.26. The van der Waals surface area contributed by atoms with Crippen molar-refractivity contribution in [2.75, 3.05) is 33.2 Å². The Morgan fingerprint density at radius 2 is 2.00 bits per heavy atom. The van der Waals surface area contributed by atoms with E-state index in [1.165, 1.54) is 0 Å². The molecule has 78 valence electrons. The first-order chi connectivity index (χ1) is 6.74. The summed E-state index contributed by atoms with van der Waals surface area (Å²) >= 11 is 0. The first kappa shape index (κ1) is 10.8. The maximum Gasteiger partial charge on any atom is 0.195 e. The Bertz CT molecular complexity index is 237.